The second-order valence-electron chi connectivity index (χ2n) is 16.4. The number of methoxy groups -OCH3 is 3. The number of nitrogens with one attached hydrogen (secondary N) is 4. The van der Waals surface area contributed by atoms with Crippen LogP contribution < -0.4 is 15.4 Å². The predicted octanol–water partition coefficient (Wildman–Crippen LogP) is 6.56. The molecule has 0 radical (unpaired) electrons. The highest BCUT2D eigenvalue weighted by Crippen LogP contribution is 2.58. The molecule has 4 heterocycles. The summed E-state index contributed by atoms with van der Waals surface area (Å²) in [7, 11) is 4.11. The van der Waals surface area contributed by atoms with E-state index in [9.17, 15) is 19.2 Å². The molecular formula is C46H50N8O7. The van der Waals surface area contributed by atoms with Gasteiger partial charge < -0.3 is 44.6 Å². The van der Waals surface area contributed by atoms with Crippen LogP contribution in [0, 0.1) is 23.2 Å². The molecule has 3 fully saturated rings. The van der Waals surface area contributed by atoms with E-state index in [1.165, 1.54) is 14.2 Å². The van der Waals surface area contributed by atoms with Crippen LogP contribution in [-0.2, 0) is 19.1 Å². The average molecular weight is 827 g/mol. The van der Waals surface area contributed by atoms with Crippen molar-refractivity contribution in [2.45, 2.75) is 70.1 Å². The molecule has 15 nitrogen and oxygen atoms in total. The Labute approximate surface area is 353 Å². The Bertz CT molecular complexity index is 2510. The molecule has 61 heavy (non-hydrogen) atoms. The third kappa shape index (κ3) is 8.61. The Hall–Kier alpha value is -6.82. The SMILES string of the molecule is COC(=O)N[C@H](C(=O)N1CC2(CC2)C[C@H]1c1nc2ccc(C#Cc3ccc(-c4cnc([C@@H]5CCCN5C(=O)[C@H](NC(=O)OC)c5cccc(OC)c5)[nH]4)cc3)cc2[nH]1)C(C)C. The Morgan fingerprint density at radius 3 is 2.30 bits per heavy atom. The van der Waals surface area contributed by atoms with Gasteiger partial charge in [-0.05, 0) is 97.0 Å². The fourth-order valence-corrected chi connectivity index (χ4v) is 8.51. The maximum Gasteiger partial charge on any atom is 0.407 e. The molecule has 2 aromatic heterocycles. The highest BCUT2D eigenvalue weighted by Gasteiger charge is 2.55. The van der Waals surface area contributed by atoms with Gasteiger partial charge >= 0.3 is 12.2 Å². The highest BCUT2D eigenvalue weighted by molar-refractivity contribution is 5.88. The number of amides is 4. The van der Waals surface area contributed by atoms with Gasteiger partial charge in [0.15, 0.2) is 0 Å². The normalized spacial score (nSPS) is 18.7. The summed E-state index contributed by atoms with van der Waals surface area (Å²) in [5, 5.41) is 5.44. The Kier molecular flexibility index (Phi) is 11.4. The van der Waals surface area contributed by atoms with Crippen LogP contribution in [0.3, 0.4) is 0 Å². The van der Waals surface area contributed by atoms with Gasteiger partial charge in [-0.25, -0.2) is 19.6 Å². The van der Waals surface area contributed by atoms with Crippen molar-refractivity contribution < 1.29 is 33.4 Å². The number of ether oxygens (including phenoxy) is 3. The van der Waals surface area contributed by atoms with Crippen LogP contribution in [0.4, 0.5) is 9.59 Å². The van der Waals surface area contributed by atoms with Crippen molar-refractivity contribution in [3.05, 3.63) is 101 Å². The van der Waals surface area contributed by atoms with Crippen LogP contribution in [0.1, 0.15) is 92.4 Å². The number of hydrogen-bond acceptors (Lipinski definition) is 9. The zero-order valence-corrected chi connectivity index (χ0v) is 34.9. The minimum atomic E-state index is -0.970. The van der Waals surface area contributed by atoms with Crippen molar-refractivity contribution in [2.24, 2.45) is 11.3 Å². The lowest BCUT2D eigenvalue weighted by atomic mass is 10.0. The van der Waals surface area contributed by atoms with Gasteiger partial charge in [0.05, 0.1) is 56.3 Å². The van der Waals surface area contributed by atoms with Gasteiger partial charge in [0.1, 0.15) is 29.5 Å². The van der Waals surface area contributed by atoms with Gasteiger partial charge in [0.2, 0.25) is 5.91 Å². The predicted molar refractivity (Wildman–Crippen MR) is 226 cm³/mol. The maximum atomic E-state index is 14.0. The lowest BCUT2D eigenvalue weighted by Crippen LogP contribution is -2.51. The van der Waals surface area contributed by atoms with E-state index in [-0.39, 0.29) is 35.2 Å². The minimum Gasteiger partial charge on any atom is -0.497 e. The molecule has 15 heteroatoms. The van der Waals surface area contributed by atoms with Crippen molar-refractivity contribution in [2.75, 3.05) is 34.4 Å². The Morgan fingerprint density at radius 2 is 1.57 bits per heavy atom. The number of likely N-dealkylation sites (tertiary alicyclic amines) is 2. The first-order valence-electron chi connectivity index (χ1n) is 20.6. The number of nitrogens with zero attached hydrogens (tertiary/aromatic N) is 4. The molecule has 3 aromatic carbocycles. The first kappa shape index (κ1) is 40.9. The fraction of sp³-hybridized carbons (Fsp3) is 0.391. The molecule has 316 valence electrons. The van der Waals surface area contributed by atoms with Crippen LogP contribution in [-0.4, -0.2) is 94.2 Å². The van der Waals surface area contributed by atoms with Crippen molar-refractivity contribution in [3.63, 3.8) is 0 Å². The summed E-state index contributed by atoms with van der Waals surface area (Å²) in [6.45, 7) is 4.98. The van der Waals surface area contributed by atoms with Crippen molar-refractivity contribution in [1.29, 1.82) is 0 Å². The van der Waals surface area contributed by atoms with Crippen LogP contribution in [0.15, 0.2) is 72.9 Å². The molecule has 3 aliphatic rings. The second-order valence-corrected chi connectivity index (χ2v) is 16.4. The number of carbonyl (C=O) groups is 4. The van der Waals surface area contributed by atoms with Gasteiger partial charge in [-0.3, -0.25) is 9.59 Å². The van der Waals surface area contributed by atoms with Crippen LogP contribution >= 0.6 is 0 Å². The van der Waals surface area contributed by atoms with Crippen molar-refractivity contribution >= 4 is 35.0 Å². The molecule has 4 atom stereocenters. The van der Waals surface area contributed by atoms with E-state index in [1.807, 2.05) is 61.2 Å². The monoisotopic (exact) mass is 826 g/mol. The molecule has 8 rings (SSSR count). The van der Waals surface area contributed by atoms with E-state index >= 15 is 0 Å². The van der Waals surface area contributed by atoms with Crippen molar-refractivity contribution in [3.8, 4) is 28.8 Å². The molecule has 1 spiro atoms. The molecular weight excluding hydrogens is 777 g/mol. The first-order valence-corrected chi connectivity index (χ1v) is 20.6. The molecule has 2 saturated heterocycles. The number of alkyl carbamates (subject to hydrolysis) is 2. The highest BCUT2D eigenvalue weighted by atomic mass is 16.5. The van der Waals surface area contributed by atoms with Gasteiger partial charge in [0, 0.05) is 24.2 Å². The molecule has 5 aromatic rings. The average Bonchev–Trinajstić information content (AvgIpc) is 3.77. The summed E-state index contributed by atoms with van der Waals surface area (Å²) in [4.78, 5) is 72.5. The number of benzene rings is 3. The van der Waals surface area contributed by atoms with E-state index in [0.29, 0.717) is 30.2 Å². The largest absolute Gasteiger partial charge is 0.497 e. The van der Waals surface area contributed by atoms with Crippen LogP contribution in [0.2, 0.25) is 0 Å². The molecule has 1 aliphatic carbocycles. The fourth-order valence-electron chi connectivity index (χ4n) is 8.51. The zero-order valence-electron chi connectivity index (χ0n) is 34.9. The number of imidazole rings is 2. The number of fused-ring (bicyclic) bond motifs is 1. The number of aromatic nitrogens is 4. The minimum absolute atomic E-state index is 0.101. The molecule has 2 aliphatic heterocycles. The second kappa shape index (κ2) is 17.0. The van der Waals surface area contributed by atoms with Gasteiger partial charge in [0.25, 0.3) is 5.91 Å². The third-order valence-electron chi connectivity index (χ3n) is 12.1. The smallest absolute Gasteiger partial charge is 0.407 e. The number of rotatable bonds is 10. The molecule has 4 amide bonds. The lowest BCUT2D eigenvalue weighted by molar-refractivity contribution is -0.136. The number of hydrogen-bond donors (Lipinski definition) is 4. The molecule has 1 saturated carbocycles. The molecule has 4 N–H and O–H groups in total. The zero-order chi connectivity index (χ0) is 42.8. The topological polar surface area (TPSA) is 184 Å². The van der Waals surface area contributed by atoms with Gasteiger partial charge in [-0.1, -0.05) is 50.0 Å². The number of aromatic amines is 2. The number of H-pyrrole nitrogens is 2. The summed E-state index contributed by atoms with van der Waals surface area (Å²) in [5.41, 5.74) is 5.68. The van der Waals surface area contributed by atoms with Crippen LogP contribution in [0.5, 0.6) is 5.75 Å². The lowest BCUT2D eigenvalue weighted by Gasteiger charge is -2.30. The van der Waals surface area contributed by atoms with Crippen LogP contribution in [0.25, 0.3) is 22.3 Å². The summed E-state index contributed by atoms with van der Waals surface area (Å²) in [6, 6.07) is 18.6. The van der Waals surface area contributed by atoms with E-state index < -0.39 is 24.3 Å². The Morgan fingerprint density at radius 1 is 0.836 bits per heavy atom. The van der Waals surface area contributed by atoms with E-state index in [1.54, 1.807) is 42.5 Å². The quantitative estimate of drug-likeness (QED) is 0.113. The maximum absolute atomic E-state index is 14.0. The standard InChI is InChI=1S/C46H50N8O7/c1-27(2)38(51-44(57)60-4)42(55)54-26-46(19-20-46)24-37(54)41-48-33-18-15-29(22-34(33)49-41)12-11-28-13-16-30(17-14-28)35-25-47-40(50-35)36-10-7-21-53(36)43(56)39(52-45(58)61-5)31-8-6-9-32(23-31)59-3/h6,8-9,13-18,22-23,25,27,36-39H,7,10,19-21,24,26H2,1-5H3,(H,47,50)(H,48,49)(H,51,57)(H,52,58)/t36-,37-,38-,39+/m0/s1. The number of carbonyl (C=O) groups excluding carboxylic acids is 4. The summed E-state index contributed by atoms with van der Waals surface area (Å²) in [6.07, 6.45) is 4.90. The summed E-state index contributed by atoms with van der Waals surface area (Å²) in [5.74, 6) is 8.01. The van der Waals surface area contributed by atoms with Gasteiger partial charge in [-0.2, -0.15) is 0 Å². The summed E-state index contributed by atoms with van der Waals surface area (Å²) >= 11 is 0. The van der Waals surface area contributed by atoms with E-state index in [4.69, 9.17) is 19.2 Å². The van der Waals surface area contributed by atoms with E-state index in [2.05, 4.69) is 37.4 Å². The Balaban J connectivity index is 0.950. The molecule has 0 bridgehead atoms. The third-order valence-corrected chi connectivity index (χ3v) is 12.1. The first-order chi connectivity index (χ1) is 29.5. The van der Waals surface area contributed by atoms with E-state index in [0.717, 1.165) is 71.3 Å². The molecule has 0 unspecified atom stereocenters. The van der Waals surface area contributed by atoms with Gasteiger partial charge in [-0.15, -0.1) is 0 Å². The summed E-state index contributed by atoms with van der Waals surface area (Å²) < 4.78 is 15.0. The van der Waals surface area contributed by atoms with Crippen molar-refractivity contribution in [1.82, 2.24) is 40.4 Å².